The molecule has 0 aliphatic carbocycles. The van der Waals surface area contributed by atoms with Crippen LogP contribution in [0.15, 0.2) is 29.2 Å². The Morgan fingerprint density at radius 2 is 2.25 bits per heavy atom. The predicted molar refractivity (Wildman–Crippen MR) is 49.5 cm³/mol. The summed E-state index contributed by atoms with van der Waals surface area (Å²) in [6.07, 6.45) is 2.02. The zero-order chi connectivity index (χ0) is 8.97. The van der Waals surface area contributed by atoms with Gasteiger partial charge in [-0.3, -0.25) is 0 Å². The van der Waals surface area contributed by atoms with E-state index < -0.39 is 11.1 Å². The molecule has 1 atom stereocenters. The number of hydrogen-bond donors (Lipinski definition) is 1. The first-order chi connectivity index (χ1) is 5.74. The maximum atomic E-state index is 10.7. The third-order valence-corrected chi connectivity index (χ3v) is 2.30. The van der Waals surface area contributed by atoms with Gasteiger partial charge in [-0.1, -0.05) is 25.5 Å². The Morgan fingerprint density at radius 1 is 1.50 bits per heavy atom. The van der Waals surface area contributed by atoms with Crippen molar-refractivity contribution in [3.63, 3.8) is 0 Å². The second-order valence-corrected chi connectivity index (χ2v) is 3.62. The van der Waals surface area contributed by atoms with Crippen LogP contribution in [0.2, 0.25) is 0 Å². The third kappa shape index (κ3) is 2.43. The molecule has 0 spiro atoms. The van der Waals surface area contributed by atoms with Crippen LogP contribution < -0.4 is 0 Å². The van der Waals surface area contributed by atoms with Crippen LogP contribution >= 0.6 is 0 Å². The minimum atomic E-state index is -1.84. The summed E-state index contributed by atoms with van der Waals surface area (Å²) in [7, 11) is 0. The standard InChI is InChI=1S/C9H12O2S/c1-2-4-8-5-3-6-9(7-8)12(10)11/h3,5-7H,2,4H2,1H3,(H,10,11). The average Bonchev–Trinajstić information content (AvgIpc) is 2.05. The summed E-state index contributed by atoms with van der Waals surface area (Å²) in [5, 5.41) is 0. The Bertz CT molecular complexity index is 284. The van der Waals surface area contributed by atoms with Gasteiger partial charge in [0.2, 0.25) is 0 Å². The Kier molecular flexibility index (Phi) is 3.44. The molecule has 0 aromatic heterocycles. The molecule has 1 rings (SSSR count). The van der Waals surface area contributed by atoms with Crippen molar-refractivity contribution in [2.45, 2.75) is 24.7 Å². The van der Waals surface area contributed by atoms with Crippen LogP contribution in [0.3, 0.4) is 0 Å². The van der Waals surface area contributed by atoms with Gasteiger partial charge in [0, 0.05) is 0 Å². The largest absolute Gasteiger partial charge is 0.302 e. The molecule has 3 heteroatoms. The lowest BCUT2D eigenvalue weighted by molar-refractivity contribution is 0.564. The van der Waals surface area contributed by atoms with Gasteiger partial charge in [0.1, 0.15) is 0 Å². The van der Waals surface area contributed by atoms with Crippen LogP contribution in [0.25, 0.3) is 0 Å². The van der Waals surface area contributed by atoms with Crippen molar-refractivity contribution in [2.75, 3.05) is 0 Å². The van der Waals surface area contributed by atoms with Crippen LogP contribution in [0.5, 0.6) is 0 Å². The van der Waals surface area contributed by atoms with Crippen molar-refractivity contribution in [2.24, 2.45) is 0 Å². The zero-order valence-electron chi connectivity index (χ0n) is 6.99. The zero-order valence-corrected chi connectivity index (χ0v) is 7.80. The lowest BCUT2D eigenvalue weighted by Gasteiger charge is -1.99. The molecule has 0 radical (unpaired) electrons. The van der Waals surface area contributed by atoms with Gasteiger partial charge in [-0.25, -0.2) is 4.21 Å². The molecular weight excluding hydrogens is 172 g/mol. The lowest BCUT2D eigenvalue weighted by Crippen LogP contribution is -1.90. The lowest BCUT2D eigenvalue weighted by atomic mass is 10.1. The molecule has 1 N–H and O–H groups in total. The van der Waals surface area contributed by atoms with E-state index in [0.717, 1.165) is 18.4 Å². The topological polar surface area (TPSA) is 37.3 Å². The summed E-state index contributed by atoms with van der Waals surface area (Å²) in [5.41, 5.74) is 1.12. The summed E-state index contributed by atoms with van der Waals surface area (Å²) >= 11 is -1.84. The van der Waals surface area contributed by atoms with Crippen molar-refractivity contribution in [1.29, 1.82) is 0 Å². The first kappa shape index (κ1) is 9.42. The molecule has 0 aliphatic heterocycles. The van der Waals surface area contributed by atoms with Crippen molar-refractivity contribution in [3.05, 3.63) is 29.8 Å². The molecule has 0 bridgehead atoms. The molecule has 1 aromatic rings. The van der Waals surface area contributed by atoms with Gasteiger partial charge in [0.15, 0.2) is 11.1 Å². The van der Waals surface area contributed by atoms with E-state index in [9.17, 15) is 4.21 Å². The van der Waals surface area contributed by atoms with Crippen molar-refractivity contribution in [3.8, 4) is 0 Å². The Hall–Kier alpha value is -0.670. The van der Waals surface area contributed by atoms with Crippen molar-refractivity contribution >= 4 is 11.1 Å². The van der Waals surface area contributed by atoms with Gasteiger partial charge in [-0.2, -0.15) is 0 Å². The highest BCUT2D eigenvalue weighted by molar-refractivity contribution is 7.79. The number of hydrogen-bond acceptors (Lipinski definition) is 1. The van der Waals surface area contributed by atoms with E-state index in [1.54, 1.807) is 12.1 Å². The van der Waals surface area contributed by atoms with Crippen molar-refractivity contribution < 1.29 is 8.76 Å². The van der Waals surface area contributed by atoms with Gasteiger partial charge in [-0.15, -0.1) is 0 Å². The Labute approximate surface area is 74.9 Å². The molecule has 1 aromatic carbocycles. The van der Waals surface area contributed by atoms with Gasteiger partial charge >= 0.3 is 0 Å². The van der Waals surface area contributed by atoms with Crippen LogP contribution in [0.4, 0.5) is 0 Å². The summed E-state index contributed by atoms with van der Waals surface area (Å²) in [4.78, 5) is 0.487. The van der Waals surface area contributed by atoms with Gasteiger partial charge in [-0.05, 0) is 24.1 Å². The fourth-order valence-electron chi connectivity index (χ4n) is 1.10. The molecule has 66 valence electrons. The predicted octanol–water partition coefficient (Wildman–Crippen LogP) is 2.22. The third-order valence-electron chi connectivity index (χ3n) is 1.64. The maximum absolute atomic E-state index is 10.7. The first-order valence-corrected chi connectivity index (χ1v) is 5.04. The van der Waals surface area contributed by atoms with Crippen LogP contribution in [-0.2, 0) is 17.5 Å². The molecule has 0 aliphatic rings. The smallest absolute Gasteiger partial charge is 0.186 e. The van der Waals surface area contributed by atoms with Crippen LogP contribution in [0, 0.1) is 0 Å². The summed E-state index contributed by atoms with van der Waals surface area (Å²) in [5.74, 6) is 0. The van der Waals surface area contributed by atoms with E-state index in [0.29, 0.717) is 4.90 Å². The summed E-state index contributed by atoms with van der Waals surface area (Å²) in [6, 6.07) is 7.23. The van der Waals surface area contributed by atoms with Crippen molar-refractivity contribution in [1.82, 2.24) is 0 Å². The minimum absolute atomic E-state index is 0.487. The first-order valence-electron chi connectivity index (χ1n) is 3.94. The highest BCUT2D eigenvalue weighted by Gasteiger charge is 1.99. The Morgan fingerprint density at radius 3 is 2.83 bits per heavy atom. The number of rotatable bonds is 3. The van der Waals surface area contributed by atoms with E-state index >= 15 is 0 Å². The normalized spacial score (nSPS) is 12.8. The monoisotopic (exact) mass is 184 g/mol. The second-order valence-electron chi connectivity index (χ2n) is 2.65. The molecule has 0 saturated heterocycles. The van der Waals surface area contributed by atoms with E-state index in [-0.39, 0.29) is 0 Å². The summed E-state index contributed by atoms with van der Waals surface area (Å²) < 4.78 is 19.5. The molecule has 12 heavy (non-hydrogen) atoms. The molecule has 2 nitrogen and oxygen atoms in total. The molecule has 0 heterocycles. The van der Waals surface area contributed by atoms with Crippen LogP contribution in [-0.4, -0.2) is 8.76 Å². The molecule has 0 saturated carbocycles. The Balaban J connectivity index is 2.88. The number of benzene rings is 1. The van der Waals surface area contributed by atoms with Gasteiger partial charge in [0.05, 0.1) is 4.90 Å². The second kappa shape index (κ2) is 4.38. The average molecular weight is 184 g/mol. The molecular formula is C9H12O2S. The van der Waals surface area contributed by atoms with Gasteiger partial charge < -0.3 is 4.55 Å². The minimum Gasteiger partial charge on any atom is -0.302 e. The quantitative estimate of drug-likeness (QED) is 0.731. The summed E-state index contributed by atoms with van der Waals surface area (Å²) in [6.45, 7) is 2.09. The molecule has 0 fully saturated rings. The highest BCUT2D eigenvalue weighted by Crippen LogP contribution is 2.09. The van der Waals surface area contributed by atoms with E-state index in [1.165, 1.54) is 0 Å². The van der Waals surface area contributed by atoms with Crippen LogP contribution in [0.1, 0.15) is 18.9 Å². The van der Waals surface area contributed by atoms with E-state index in [2.05, 4.69) is 6.92 Å². The van der Waals surface area contributed by atoms with Gasteiger partial charge in [0.25, 0.3) is 0 Å². The highest BCUT2D eigenvalue weighted by atomic mass is 32.2. The molecule has 0 amide bonds. The fraction of sp³-hybridized carbons (Fsp3) is 0.333. The van der Waals surface area contributed by atoms with E-state index in [4.69, 9.17) is 4.55 Å². The fourth-order valence-corrected chi connectivity index (χ4v) is 1.55. The molecule has 1 unspecified atom stereocenters. The maximum Gasteiger partial charge on any atom is 0.186 e. The number of aryl methyl sites for hydroxylation is 1. The van der Waals surface area contributed by atoms with E-state index in [1.807, 2.05) is 12.1 Å². The SMILES string of the molecule is CCCc1cccc(S(=O)O)c1.